The van der Waals surface area contributed by atoms with E-state index in [0.717, 1.165) is 31.2 Å². The Labute approximate surface area is 96.3 Å². The molecule has 1 nitrogen and oxygen atoms in total. The lowest BCUT2D eigenvalue weighted by Crippen LogP contribution is -2.27. The molecule has 1 aliphatic rings. The fourth-order valence-corrected chi connectivity index (χ4v) is 2.71. The lowest BCUT2D eigenvalue weighted by atomic mass is 9.91. The summed E-state index contributed by atoms with van der Waals surface area (Å²) < 4.78 is 12.7. The quantitative estimate of drug-likeness (QED) is 0.832. The summed E-state index contributed by atoms with van der Waals surface area (Å²) in [5, 5.41) is 10.4. The van der Waals surface area contributed by atoms with Gasteiger partial charge in [0.15, 0.2) is 0 Å². The van der Waals surface area contributed by atoms with Gasteiger partial charge in [-0.05, 0) is 42.9 Å². The summed E-state index contributed by atoms with van der Waals surface area (Å²) in [5.41, 5.74) is 0.471. The van der Waals surface area contributed by atoms with Gasteiger partial charge in [0, 0.05) is 6.42 Å². The Kier molecular flexibility index (Phi) is 3.29. The zero-order valence-electron chi connectivity index (χ0n) is 9.75. The van der Waals surface area contributed by atoms with Gasteiger partial charge in [0.1, 0.15) is 5.82 Å². The summed E-state index contributed by atoms with van der Waals surface area (Å²) in [5.74, 6) is 0.444. The zero-order chi connectivity index (χ0) is 11.6. The van der Waals surface area contributed by atoms with Crippen LogP contribution in [0, 0.1) is 11.7 Å². The third kappa shape index (κ3) is 2.62. The molecule has 2 heteroatoms. The molecule has 1 aromatic rings. The van der Waals surface area contributed by atoms with Gasteiger partial charge in [-0.1, -0.05) is 25.5 Å². The lowest BCUT2D eigenvalue weighted by Gasteiger charge is -2.22. The van der Waals surface area contributed by atoms with Gasteiger partial charge in [0.25, 0.3) is 0 Å². The number of aliphatic hydroxyl groups is 1. The highest BCUT2D eigenvalue weighted by atomic mass is 19.1. The van der Waals surface area contributed by atoms with Gasteiger partial charge in [-0.3, -0.25) is 0 Å². The molecule has 88 valence electrons. The van der Waals surface area contributed by atoms with E-state index < -0.39 is 5.60 Å². The molecule has 0 aliphatic heterocycles. The monoisotopic (exact) mass is 222 g/mol. The number of hydrogen-bond acceptors (Lipinski definition) is 1. The van der Waals surface area contributed by atoms with E-state index in [1.165, 1.54) is 12.1 Å². The predicted molar refractivity (Wildman–Crippen MR) is 62.7 cm³/mol. The summed E-state index contributed by atoms with van der Waals surface area (Å²) in [4.78, 5) is 0. The number of hydrogen-bond donors (Lipinski definition) is 1. The minimum atomic E-state index is -0.557. The normalized spacial score (nSPS) is 29.6. The molecule has 0 radical (unpaired) electrons. The van der Waals surface area contributed by atoms with Gasteiger partial charge in [0.2, 0.25) is 0 Å². The summed E-state index contributed by atoms with van der Waals surface area (Å²) in [6, 6.07) is 6.47. The van der Waals surface area contributed by atoms with Crippen LogP contribution in [0.5, 0.6) is 0 Å². The minimum absolute atomic E-state index is 0.214. The summed E-state index contributed by atoms with van der Waals surface area (Å²) in [6.45, 7) is 2.17. The maximum atomic E-state index is 12.7. The van der Waals surface area contributed by atoms with Crippen molar-refractivity contribution >= 4 is 0 Å². The standard InChI is InChI=1S/C14H19FO/c1-2-11-7-8-14(16,9-11)10-12-3-5-13(15)6-4-12/h3-6,11,16H,2,7-10H2,1H3. The highest BCUT2D eigenvalue weighted by molar-refractivity contribution is 5.18. The van der Waals surface area contributed by atoms with E-state index >= 15 is 0 Å². The van der Waals surface area contributed by atoms with E-state index in [-0.39, 0.29) is 5.82 Å². The van der Waals surface area contributed by atoms with Crippen molar-refractivity contribution < 1.29 is 9.50 Å². The maximum absolute atomic E-state index is 12.7. The Balaban J connectivity index is 2.01. The van der Waals surface area contributed by atoms with Crippen molar-refractivity contribution in [2.24, 2.45) is 5.92 Å². The van der Waals surface area contributed by atoms with E-state index in [0.29, 0.717) is 12.3 Å². The molecule has 1 N–H and O–H groups in total. The van der Waals surface area contributed by atoms with Gasteiger partial charge < -0.3 is 5.11 Å². The van der Waals surface area contributed by atoms with Crippen molar-refractivity contribution in [1.29, 1.82) is 0 Å². The van der Waals surface area contributed by atoms with Crippen molar-refractivity contribution in [3.63, 3.8) is 0 Å². The third-order valence-corrected chi connectivity index (χ3v) is 3.71. The fraction of sp³-hybridized carbons (Fsp3) is 0.571. The highest BCUT2D eigenvalue weighted by Gasteiger charge is 2.36. The highest BCUT2D eigenvalue weighted by Crippen LogP contribution is 2.38. The molecule has 0 bridgehead atoms. The van der Waals surface area contributed by atoms with Crippen LogP contribution in [-0.2, 0) is 6.42 Å². The second kappa shape index (κ2) is 4.54. The number of benzene rings is 1. The van der Waals surface area contributed by atoms with Crippen molar-refractivity contribution in [1.82, 2.24) is 0 Å². The second-order valence-corrected chi connectivity index (χ2v) is 5.04. The average Bonchev–Trinajstić information content (AvgIpc) is 2.64. The van der Waals surface area contributed by atoms with E-state index in [1.54, 1.807) is 12.1 Å². The van der Waals surface area contributed by atoms with Crippen molar-refractivity contribution in [3.8, 4) is 0 Å². The Hall–Kier alpha value is -0.890. The van der Waals surface area contributed by atoms with Crippen LogP contribution >= 0.6 is 0 Å². The first-order valence-corrected chi connectivity index (χ1v) is 6.08. The predicted octanol–water partition coefficient (Wildman–Crippen LogP) is 3.31. The fourth-order valence-electron chi connectivity index (χ4n) is 2.71. The average molecular weight is 222 g/mol. The van der Waals surface area contributed by atoms with Gasteiger partial charge in [-0.2, -0.15) is 0 Å². The van der Waals surface area contributed by atoms with Gasteiger partial charge in [0.05, 0.1) is 5.60 Å². The van der Waals surface area contributed by atoms with Crippen LogP contribution < -0.4 is 0 Å². The largest absolute Gasteiger partial charge is 0.390 e. The van der Waals surface area contributed by atoms with Crippen LogP contribution in [0.1, 0.15) is 38.2 Å². The molecule has 0 heterocycles. The first-order chi connectivity index (χ1) is 7.61. The molecule has 0 saturated heterocycles. The molecular weight excluding hydrogens is 203 g/mol. The van der Waals surface area contributed by atoms with Crippen LogP contribution in [0.4, 0.5) is 4.39 Å². The Morgan fingerprint density at radius 1 is 1.38 bits per heavy atom. The molecular formula is C14H19FO. The van der Waals surface area contributed by atoms with E-state index in [9.17, 15) is 9.50 Å². The molecule has 1 fully saturated rings. The number of rotatable bonds is 3. The molecule has 16 heavy (non-hydrogen) atoms. The Morgan fingerprint density at radius 2 is 2.06 bits per heavy atom. The SMILES string of the molecule is CCC1CCC(O)(Cc2ccc(F)cc2)C1. The molecule has 2 rings (SSSR count). The Morgan fingerprint density at radius 3 is 2.62 bits per heavy atom. The van der Waals surface area contributed by atoms with Gasteiger partial charge >= 0.3 is 0 Å². The molecule has 0 spiro atoms. The van der Waals surface area contributed by atoms with Crippen molar-refractivity contribution in [2.75, 3.05) is 0 Å². The van der Waals surface area contributed by atoms with Gasteiger partial charge in [-0.25, -0.2) is 4.39 Å². The maximum Gasteiger partial charge on any atom is 0.123 e. The second-order valence-electron chi connectivity index (χ2n) is 5.04. The smallest absolute Gasteiger partial charge is 0.123 e. The number of halogens is 1. The summed E-state index contributed by atoms with van der Waals surface area (Å²) in [7, 11) is 0. The van der Waals surface area contributed by atoms with Crippen LogP contribution in [0.25, 0.3) is 0 Å². The minimum Gasteiger partial charge on any atom is -0.390 e. The topological polar surface area (TPSA) is 20.2 Å². The molecule has 0 aromatic heterocycles. The molecule has 0 amide bonds. The van der Waals surface area contributed by atoms with Crippen LogP contribution in [0.15, 0.2) is 24.3 Å². The molecule has 2 atom stereocenters. The zero-order valence-corrected chi connectivity index (χ0v) is 9.75. The third-order valence-electron chi connectivity index (χ3n) is 3.71. The molecule has 1 aromatic carbocycles. The van der Waals surface area contributed by atoms with Crippen LogP contribution in [-0.4, -0.2) is 10.7 Å². The molecule has 2 unspecified atom stereocenters. The summed E-state index contributed by atoms with van der Waals surface area (Å²) >= 11 is 0. The first-order valence-electron chi connectivity index (χ1n) is 6.08. The van der Waals surface area contributed by atoms with Crippen LogP contribution in [0.2, 0.25) is 0 Å². The van der Waals surface area contributed by atoms with Gasteiger partial charge in [-0.15, -0.1) is 0 Å². The Bertz CT molecular complexity index is 346. The van der Waals surface area contributed by atoms with E-state index in [2.05, 4.69) is 6.92 Å². The van der Waals surface area contributed by atoms with E-state index in [1.807, 2.05) is 0 Å². The van der Waals surface area contributed by atoms with Crippen LogP contribution in [0.3, 0.4) is 0 Å². The lowest BCUT2D eigenvalue weighted by molar-refractivity contribution is 0.0436. The molecule has 1 aliphatic carbocycles. The van der Waals surface area contributed by atoms with Crippen molar-refractivity contribution in [2.45, 2.75) is 44.6 Å². The molecule has 1 saturated carbocycles. The van der Waals surface area contributed by atoms with Crippen molar-refractivity contribution in [3.05, 3.63) is 35.6 Å². The first kappa shape index (κ1) is 11.6. The van der Waals surface area contributed by atoms with E-state index in [4.69, 9.17) is 0 Å². The summed E-state index contributed by atoms with van der Waals surface area (Å²) in [6.07, 6.45) is 4.69.